The minimum atomic E-state index is -3.38. The SMILES string of the molecule is O=S1(=O)NCCN1CCNc1nccc(-c2c(-c3ccc(F)cc3)nc3sccn23)n1. The summed E-state index contributed by atoms with van der Waals surface area (Å²) in [5, 5.41) is 5.02. The lowest BCUT2D eigenvalue weighted by Gasteiger charge is -2.13. The van der Waals surface area contributed by atoms with Crippen LogP contribution in [0.15, 0.2) is 48.1 Å². The van der Waals surface area contributed by atoms with Gasteiger partial charge in [-0.25, -0.2) is 24.1 Å². The molecule has 31 heavy (non-hydrogen) atoms. The van der Waals surface area contributed by atoms with Crippen LogP contribution in [0.5, 0.6) is 0 Å². The number of imidazole rings is 1. The Morgan fingerprint density at radius 3 is 2.81 bits per heavy atom. The molecule has 1 aromatic carbocycles. The minimum Gasteiger partial charge on any atom is -0.353 e. The summed E-state index contributed by atoms with van der Waals surface area (Å²) >= 11 is 1.50. The van der Waals surface area contributed by atoms with E-state index in [9.17, 15) is 12.8 Å². The summed E-state index contributed by atoms with van der Waals surface area (Å²) in [6.07, 6.45) is 3.55. The number of nitrogens with zero attached hydrogens (tertiary/aromatic N) is 5. The number of thiazole rings is 1. The van der Waals surface area contributed by atoms with E-state index >= 15 is 0 Å². The molecule has 1 aliphatic rings. The van der Waals surface area contributed by atoms with Crippen molar-refractivity contribution in [3.8, 4) is 22.6 Å². The van der Waals surface area contributed by atoms with Gasteiger partial charge in [0, 0.05) is 49.5 Å². The van der Waals surface area contributed by atoms with E-state index in [0.29, 0.717) is 43.5 Å². The van der Waals surface area contributed by atoms with Crippen LogP contribution in [0.2, 0.25) is 0 Å². The molecule has 0 amide bonds. The molecule has 4 heterocycles. The number of hydrogen-bond acceptors (Lipinski definition) is 7. The van der Waals surface area contributed by atoms with Crippen LogP contribution in [-0.4, -0.2) is 58.3 Å². The molecule has 0 radical (unpaired) electrons. The second-order valence-corrected chi connectivity index (χ2v) is 9.49. The van der Waals surface area contributed by atoms with E-state index in [1.54, 1.807) is 24.4 Å². The van der Waals surface area contributed by atoms with Crippen LogP contribution in [0.4, 0.5) is 10.3 Å². The second-order valence-electron chi connectivity index (χ2n) is 6.86. The number of fused-ring (bicyclic) bond motifs is 1. The summed E-state index contributed by atoms with van der Waals surface area (Å²) in [4.78, 5) is 14.4. The first-order valence-electron chi connectivity index (χ1n) is 9.55. The van der Waals surface area contributed by atoms with Gasteiger partial charge >= 0.3 is 0 Å². The lowest BCUT2D eigenvalue weighted by atomic mass is 10.1. The number of hydrogen-bond donors (Lipinski definition) is 2. The topological polar surface area (TPSA) is 105 Å². The molecule has 4 aromatic rings. The van der Waals surface area contributed by atoms with E-state index in [1.165, 1.54) is 27.8 Å². The summed E-state index contributed by atoms with van der Waals surface area (Å²) in [6.45, 7) is 1.54. The second kappa shape index (κ2) is 7.96. The van der Waals surface area contributed by atoms with Crippen molar-refractivity contribution in [2.45, 2.75) is 0 Å². The molecule has 0 spiro atoms. The molecule has 1 saturated heterocycles. The Hall–Kier alpha value is -2.93. The van der Waals surface area contributed by atoms with Crippen LogP contribution in [-0.2, 0) is 10.2 Å². The van der Waals surface area contributed by atoms with Crippen molar-refractivity contribution in [1.29, 1.82) is 0 Å². The fourth-order valence-corrected chi connectivity index (χ4v) is 5.36. The molecule has 1 aliphatic heterocycles. The molecule has 1 fully saturated rings. The van der Waals surface area contributed by atoms with E-state index < -0.39 is 10.2 Å². The van der Waals surface area contributed by atoms with Gasteiger partial charge in [-0.3, -0.25) is 4.40 Å². The number of anilines is 1. The fourth-order valence-electron chi connectivity index (χ4n) is 3.45. The zero-order valence-electron chi connectivity index (χ0n) is 16.2. The smallest absolute Gasteiger partial charge is 0.279 e. The number of halogens is 1. The van der Waals surface area contributed by atoms with Crippen molar-refractivity contribution in [3.05, 3.63) is 53.9 Å². The summed E-state index contributed by atoms with van der Waals surface area (Å²) < 4.78 is 42.9. The maximum absolute atomic E-state index is 13.4. The number of aromatic nitrogens is 4. The molecular weight excluding hydrogens is 441 g/mol. The monoisotopic (exact) mass is 459 g/mol. The molecule has 0 atom stereocenters. The van der Waals surface area contributed by atoms with Crippen molar-refractivity contribution >= 4 is 32.5 Å². The maximum atomic E-state index is 13.4. The van der Waals surface area contributed by atoms with Crippen molar-refractivity contribution < 1.29 is 12.8 Å². The van der Waals surface area contributed by atoms with Gasteiger partial charge in [-0.1, -0.05) is 0 Å². The zero-order valence-corrected chi connectivity index (χ0v) is 17.8. The molecule has 0 bridgehead atoms. The number of benzene rings is 1. The molecule has 12 heteroatoms. The van der Waals surface area contributed by atoms with Gasteiger partial charge in [-0.05, 0) is 30.3 Å². The maximum Gasteiger partial charge on any atom is 0.279 e. The molecule has 0 unspecified atom stereocenters. The van der Waals surface area contributed by atoms with Gasteiger partial charge in [-0.15, -0.1) is 11.3 Å². The first kappa shape index (κ1) is 20.0. The Bertz CT molecular complexity index is 1340. The van der Waals surface area contributed by atoms with Gasteiger partial charge in [-0.2, -0.15) is 12.7 Å². The lowest BCUT2D eigenvalue weighted by Crippen LogP contribution is -2.33. The van der Waals surface area contributed by atoms with Crippen molar-refractivity contribution in [2.75, 3.05) is 31.5 Å². The van der Waals surface area contributed by atoms with E-state index in [0.717, 1.165) is 16.2 Å². The fraction of sp³-hybridized carbons (Fsp3) is 0.211. The highest BCUT2D eigenvalue weighted by Crippen LogP contribution is 2.33. The van der Waals surface area contributed by atoms with Gasteiger partial charge < -0.3 is 5.32 Å². The first-order chi connectivity index (χ1) is 15.0. The average Bonchev–Trinajstić information content (AvgIpc) is 3.43. The van der Waals surface area contributed by atoms with Crippen molar-refractivity contribution in [1.82, 2.24) is 28.4 Å². The Labute approximate surface area is 181 Å². The van der Waals surface area contributed by atoms with Gasteiger partial charge in [0.25, 0.3) is 10.2 Å². The third kappa shape index (κ3) is 3.90. The molecule has 0 aliphatic carbocycles. The van der Waals surface area contributed by atoms with E-state index in [4.69, 9.17) is 4.98 Å². The minimum absolute atomic E-state index is 0.310. The van der Waals surface area contributed by atoms with Crippen LogP contribution in [0.25, 0.3) is 27.6 Å². The Balaban J connectivity index is 1.43. The number of nitrogens with one attached hydrogen (secondary N) is 2. The quantitative estimate of drug-likeness (QED) is 0.458. The zero-order chi connectivity index (χ0) is 21.4. The van der Waals surface area contributed by atoms with E-state index in [1.807, 2.05) is 16.0 Å². The third-order valence-corrected chi connectivity index (χ3v) is 7.28. The predicted octanol–water partition coefficient (Wildman–Crippen LogP) is 2.22. The Morgan fingerprint density at radius 1 is 1.19 bits per heavy atom. The Kier molecular flexibility index (Phi) is 5.14. The summed E-state index contributed by atoms with van der Waals surface area (Å²) in [6, 6.07) is 7.97. The molecular formula is C19H18FN7O2S2. The molecule has 9 nitrogen and oxygen atoms in total. The summed E-state index contributed by atoms with van der Waals surface area (Å²) in [5.41, 5.74) is 2.91. The highest BCUT2D eigenvalue weighted by molar-refractivity contribution is 7.87. The standard InChI is InChI=1S/C19H18FN7O2S2/c20-14-3-1-13(2-4-14)16-17(27-11-12-30-19(27)25-16)15-5-6-21-18(24-15)22-7-9-26-10-8-23-31(26,28)29/h1-6,11-12,23H,7-10H2,(H,21,22,24). The molecule has 3 aromatic heterocycles. The van der Waals surface area contributed by atoms with Crippen LogP contribution in [0.3, 0.4) is 0 Å². The van der Waals surface area contributed by atoms with E-state index in [-0.39, 0.29) is 5.82 Å². The van der Waals surface area contributed by atoms with Gasteiger partial charge in [0.15, 0.2) is 4.96 Å². The molecule has 0 saturated carbocycles. The van der Waals surface area contributed by atoms with Crippen LogP contribution in [0.1, 0.15) is 0 Å². The van der Waals surface area contributed by atoms with Gasteiger partial charge in [0.1, 0.15) is 11.5 Å². The predicted molar refractivity (Wildman–Crippen MR) is 116 cm³/mol. The highest BCUT2D eigenvalue weighted by atomic mass is 32.2. The van der Waals surface area contributed by atoms with Crippen LogP contribution in [0, 0.1) is 5.82 Å². The van der Waals surface area contributed by atoms with Crippen LogP contribution >= 0.6 is 11.3 Å². The summed E-state index contributed by atoms with van der Waals surface area (Å²) in [5.74, 6) is 0.0762. The molecule has 160 valence electrons. The lowest BCUT2D eigenvalue weighted by molar-refractivity contribution is 0.461. The summed E-state index contributed by atoms with van der Waals surface area (Å²) in [7, 11) is -3.38. The van der Waals surface area contributed by atoms with Gasteiger partial charge in [0.2, 0.25) is 5.95 Å². The van der Waals surface area contributed by atoms with Crippen molar-refractivity contribution in [3.63, 3.8) is 0 Å². The first-order valence-corrected chi connectivity index (χ1v) is 11.9. The Morgan fingerprint density at radius 2 is 2.03 bits per heavy atom. The number of rotatable bonds is 6. The third-order valence-electron chi connectivity index (χ3n) is 4.91. The van der Waals surface area contributed by atoms with E-state index in [2.05, 4.69) is 20.0 Å². The average molecular weight is 460 g/mol. The van der Waals surface area contributed by atoms with Gasteiger partial charge in [0.05, 0.1) is 11.4 Å². The highest BCUT2D eigenvalue weighted by Gasteiger charge is 2.26. The normalized spacial score (nSPS) is 16.2. The van der Waals surface area contributed by atoms with Crippen LogP contribution < -0.4 is 10.0 Å². The largest absolute Gasteiger partial charge is 0.353 e. The molecule has 2 N–H and O–H groups in total. The van der Waals surface area contributed by atoms with Crippen molar-refractivity contribution in [2.24, 2.45) is 0 Å². The molecule has 5 rings (SSSR count).